The topological polar surface area (TPSA) is 112 Å². The highest BCUT2D eigenvalue weighted by molar-refractivity contribution is 7.92. The number of rotatable bonds is 7. The maximum absolute atomic E-state index is 13.0. The number of nitro benzene ring substituents is 1. The fourth-order valence-electron chi connectivity index (χ4n) is 3.86. The van der Waals surface area contributed by atoms with Crippen LogP contribution >= 0.6 is 11.3 Å². The molecule has 0 unspecified atom stereocenters. The van der Waals surface area contributed by atoms with E-state index in [1.54, 1.807) is 14.2 Å². The standard InChI is InChI=1S/C22H23N3O6S2/c1-30-20-7-6-15(12-21(20)31-2)19-14-32-22(23-19)24-10-8-17(9-11-24)33(28,29)18-5-3-4-16(13-18)25(26)27/h3-7,12-14,17H,8-11H2,1-2H3. The van der Waals surface area contributed by atoms with Crippen molar-refractivity contribution >= 4 is 32.0 Å². The molecule has 0 spiro atoms. The third-order valence-corrected chi connectivity index (χ3v) is 8.84. The van der Waals surface area contributed by atoms with Crippen molar-refractivity contribution in [3.8, 4) is 22.8 Å². The lowest BCUT2D eigenvalue weighted by Crippen LogP contribution is -2.39. The predicted octanol–water partition coefficient (Wildman–Crippen LogP) is 4.18. The number of thiazole rings is 1. The van der Waals surface area contributed by atoms with Gasteiger partial charge in [-0.3, -0.25) is 10.1 Å². The summed E-state index contributed by atoms with van der Waals surface area (Å²) >= 11 is 1.50. The minimum atomic E-state index is -3.65. The Hall–Kier alpha value is -3.18. The van der Waals surface area contributed by atoms with E-state index in [1.165, 1.54) is 29.5 Å². The van der Waals surface area contributed by atoms with Crippen LogP contribution in [0.4, 0.5) is 10.8 Å². The van der Waals surface area contributed by atoms with Gasteiger partial charge in [-0.05, 0) is 37.1 Å². The van der Waals surface area contributed by atoms with E-state index in [4.69, 9.17) is 14.5 Å². The first-order chi connectivity index (χ1) is 15.8. The van der Waals surface area contributed by atoms with Gasteiger partial charge in [0.05, 0.1) is 35.0 Å². The van der Waals surface area contributed by atoms with E-state index in [0.717, 1.165) is 22.5 Å². The average Bonchev–Trinajstić information content (AvgIpc) is 3.34. The van der Waals surface area contributed by atoms with Gasteiger partial charge in [-0.15, -0.1) is 11.3 Å². The second-order valence-corrected chi connectivity index (χ2v) is 10.6. The lowest BCUT2D eigenvalue weighted by atomic mass is 10.1. The SMILES string of the molecule is COc1ccc(-c2csc(N3CCC(S(=O)(=O)c4cccc([N+](=O)[O-])c4)CC3)n2)cc1OC. The number of nitrogens with zero attached hydrogens (tertiary/aromatic N) is 3. The predicted molar refractivity (Wildman–Crippen MR) is 126 cm³/mol. The lowest BCUT2D eigenvalue weighted by Gasteiger charge is -2.31. The summed E-state index contributed by atoms with van der Waals surface area (Å²) in [7, 11) is -0.482. The molecule has 1 fully saturated rings. The molecule has 1 aliphatic heterocycles. The molecule has 0 saturated carbocycles. The molecule has 0 N–H and O–H groups in total. The van der Waals surface area contributed by atoms with E-state index in [-0.39, 0.29) is 10.6 Å². The van der Waals surface area contributed by atoms with E-state index >= 15 is 0 Å². The maximum Gasteiger partial charge on any atom is 0.270 e. The lowest BCUT2D eigenvalue weighted by molar-refractivity contribution is -0.385. The van der Waals surface area contributed by atoms with Gasteiger partial charge in [0.15, 0.2) is 26.5 Å². The number of nitro groups is 1. The number of benzene rings is 2. The molecule has 1 aromatic heterocycles. The van der Waals surface area contributed by atoms with E-state index < -0.39 is 20.0 Å². The number of methoxy groups -OCH3 is 2. The first kappa shape index (κ1) is 23.0. The van der Waals surface area contributed by atoms with Crippen LogP contribution in [0, 0.1) is 10.1 Å². The molecule has 0 bridgehead atoms. The van der Waals surface area contributed by atoms with Crippen molar-refractivity contribution in [1.82, 2.24) is 4.98 Å². The Morgan fingerprint density at radius 2 is 1.82 bits per heavy atom. The first-order valence-corrected chi connectivity index (χ1v) is 12.7. The second kappa shape index (κ2) is 9.36. The van der Waals surface area contributed by atoms with Crippen molar-refractivity contribution in [3.63, 3.8) is 0 Å². The highest BCUT2D eigenvalue weighted by atomic mass is 32.2. The van der Waals surface area contributed by atoms with E-state index in [0.29, 0.717) is 37.4 Å². The second-order valence-electron chi connectivity index (χ2n) is 7.57. The van der Waals surface area contributed by atoms with Crippen LogP contribution in [0.15, 0.2) is 52.7 Å². The molecule has 9 nitrogen and oxygen atoms in total. The molecule has 0 atom stereocenters. The van der Waals surface area contributed by atoms with Gasteiger partial charge in [0.2, 0.25) is 0 Å². The molecule has 33 heavy (non-hydrogen) atoms. The molecule has 4 rings (SSSR count). The molecule has 174 valence electrons. The largest absolute Gasteiger partial charge is 0.493 e. The van der Waals surface area contributed by atoms with Crippen LogP contribution in [-0.4, -0.2) is 50.9 Å². The van der Waals surface area contributed by atoms with Crippen LogP contribution in [0.1, 0.15) is 12.8 Å². The van der Waals surface area contributed by atoms with Crippen molar-refractivity contribution in [2.75, 3.05) is 32.2 Å². The number of sulfone groups is 1. The highest BCUT2D eigenvalue weighted by Gasteiger charge is 2.33. The van der Waals surface area contributed by atoms with Crippen molar-refractivity contribution in [2.24, 2.45) is 0 Å². The molecule has 11 heteroatoms. The quantitative estimate of drug-likeness (QED) is 0.359. The fraction of sp³-hybridized carbons (Fsp3) is 0.318. The van der Waals surface area contributed by atoms with Crippen molar-refractivity contribution in [1.29, 1.82) is 0 Å². The maximum atomic E-state index is 13.0. The minimum Gasteiger partial charge on any atom is -0.493 e. The molecule has 0 aliphatic carbocycles. The number of aromatic nitrogens is 1. The number of ether oxygens (including phenoxy) is 2. The Balaban J connectivity index is 1.46. The van der Waals surface area contributed by atoms with Gasteiger partial charge in [0.25, 0.3) is 5.69 Å². The van der Waals surface area contributed by atoms with Gasteiger partial charge >= 0.3 is 0 Å². The van der Waals surface area contributed by atoms with Crippen LogP contribution in [-0.2, 0) is 9.84 Å². The van der Waals surface area contributed by atoms with E-state index in [1.807, 2.05) is 23.6 Å². The van der Waals surface area contributed by atoms with Gasteiger partial charge in [0.1, 0.15) is 0 Å². The zero-order chi connectivity index (χ0) is 23.6. The third kappa shape index (κ3) is 4.64. The molecule has 3 aromatic rings. The zero-order valence-corrected chi connectivity index (χ0v) is 19.8. The molecule has 2 aromatic carbocycles. The van der Waals surface area contributed by atoms with E-state index in [9.17, 15) is 18.5 Å². The Labute approximate surface area is 195 Å². The molecule has 0 radical (unpaired) electrons. The molecule has 1 saturated heterocycles. The summed E-state index contributed by atoms with van der Waals surface area (Å²) in [6.45, 7) is 1.08. The summed E-state index contributed by atoms with van der Waals surface area (Å²) in [6, 6.07) is 10.9. The van der Waals surface area contributed by atoms with Crippen LogP contribution in [0.25, 0.3) is 11.3 Å². The number of anilines is 1. The Kier molecular flexibility index (Phi) is 6.52. The minimum absolute atomic E-state index is 0.000128. The van der Waals surface area contributed by atoms with Gasteiger partial charge in [0, 0.05) is 36.2 Å². The summed E-state index contributed by atoms with van der Waals surface area (Å²) in [5.74, 6) is 1.26. The zero-order valence-electron chi connectivity index (χ0n) is 18.1. The van der Waals surface area contributed by atoms with Crippen LogP contribution in [0.2, 0.25) is 0 Å². The van der Waals surface area contributed by atoms with Crippen molar-refractivity contribution in [3.05, 3.63) is 58.0 Å². The normalized spacial score (nSPS) is 14.8. The summed E-state index contributed by atoms with van der Waals surface area (Å²) in [5, 5.41) is 13.2. The van der Waals surface area contributed by atoms with Gasteiger partial charge in [-0.25, -0.2) is 13.4 Å². The smallest absolute Gasteiger partial charge is 0.270 e. The molecular formula is C22H23N3O6S2. The monoisotopic (exact) mass is 489 g/mol. The molecular weight excluding hydrogens is 466 g/mol. The third-order valence-electron chi connectivity index (χ3n) is 5.68. The van der Waals surface area contributed by atoms with Crippen LogP contribution in [0.5, 0.6) is 11.5 Å². The van der Waals surface area contributed by atoms with Gasteiger partial charge in [-0.1, -0.05) is 6.07 Å². The number of piperidine rings is 1. The van der Waals surface area contributed by atoms with Crippen LogP contribution in [0.3, 0.4) is 0 Å². The number of hydrogen-bond acceptors (Lipinski definition) is 9. The summed E-state index contributed by atoms with van der Waals surface area (Å²) in [5.41, 5.74) is 1.49. The van der Waals surface area contributed by atoms with Crippen molar-refractivity contribution in [2.45, 2.75) is 23.0 Å². The number of hydrogen-bond donors (Lipinski definition) is 0. The molecule has 1 aliphatic rings. The van der Waals surface area contributed by atoms with Gasteiger partial charge in [-0.2, -0.15) is 0 Å². The van der Waals surface area contributed by atoms with E-state index in [2.05, 4.69) is 4.90 Å². The van der Waals surface area contributed by atoms with Crippen molar-refractivity contribution < 1.29 is 22.8 Å². The number of non-ortho nitro benzene ring substituents is 1. The molecule has 2 heterocycles. The Morgan fingerprint density at radius 3 is 2.48 bits per heavy atom. The highest BCUT2D eigenvalue weighted by Crippen LogP contribution is 2.35. The molecule has 0 amide bonds. The van der Waals surface area contributed by atoms with Gasteiger partial charge < -0.3 is 14.4 Å². The Bertz CT molecular complexity index is 1270. The summed E-state index contributed by atoms with van der Waals surface area (Å²) in [6.07, 6.45) is 0.854. The Morgan fingerprint density at radius 1 is 1.09 bits per heavy atom. The average molecular weight is 490 g/mol. The summed E-state index contributed by atoms with van der Waals surface area (Å²) < 4.78 is 36.7. The van der Waals surface area contributed by atoms with Crippen LogP contribution < -0.4 is 14.4 Å². The first-order valence-electron chi connectivity index (χ1n) is 10.2. The summed E-state index contributed by atoms with van der Waals surface area (Å²) in [4.78, 5) is 17.2. The fourth-order valence-corrected chi connectivity index (χ4v) is 6.52.